The van der Waals surface area contributed by atoms with Crippen LogP contribution in [0.25, 0.3) is 9.88 Å². The van der Waals surface area contributed by atoms with Crippen LogP contribution in [0.1, 0.15) is 41.7 Å². The van der Waals surface area contributed by atoms with E-state index in [2.05, 4.69) is 10.3 Å². The number of esters is 1. The Labute approximate surface area is 194 Å². The smallest absolute Gasteiger partial charge is 0.340 e. The fourth-order valence-corrected chi connectivity index (χ4v) is 5.30. The van der Waals surface area contributed by atoms with E-state index >= 15 is 0 Å². The quantitative estimate of drug-likeness (QED) is 0.443. The van der Waals surface area contributed by atoms with Gasteiger partial charge in [-0.1, -0.05) is 18.9 Å². The Hall–Kier alpha value is -2.91. The van der Waals surface area contributed by atoms with Crippen LogP contribution in [0.3, 0.4) is 0 Å². The molecule has 2 heterocycles. The average molecular weight is 473 g/mol. The van der Waals surface area contributed by atoms with E-state index < -0.39 is 5.97 Å². The summed E-state index contributed by atoms with van der Waals surface area (Å²) in [5.41, 5.74) is 1.23. The third kappa shape index (κ3) is 4.94. The van der Waals surface area contributed by atoms with E-state index in [1.165, 1.54) is 31.6 Å². The van der Waals surface area contributed by atoms with Gasteiger partial charge >= 0.3 is 5.97 Å². The van der Waals surface area contributed by atoms with Gasteiger partial charge in [-0.3, -0.25) is 4.79 Å². The number of anilines is 1. The summed E-state index contributed by atoms with van der Waals surface area (Å²) in [6.07, 6.45) is 3.80. The summed E-state index contributed by atoms with van der Waals surface area (Å²) in [4.78, 5) is 31.3. The molecule has 2 aromatic heterocycles. The Morgan fingerprint density at radius 3 is 2.56 bits per heavy atom. The fraction of sp³-hybridized carbons (Fsp3) is 0.348. The fourth-order valence-electron chi connectivity index (χ4n) is 3.68. The molecule has 1 aliphatic carbocycles. The summed E-state index contributed by atoms with van der Waals surface area (Å²) in [6.45, 7) is 0.0328. The van der Waals surface area contributed by atoms with Crippen molar-refractivity contribution in [1.29, 1.82) is 0 Å². The van der Waals surface area contributed by atoms with Crippen molar-refractivity contribution in [3.63, 3.8) is 0 Å². The molecule has 1 N–H and O–H groups in total. The van der Waals surface area contributed by atoms with Gasteiger partial charge in [-0.15, -0.1) is 22.7 Å². The molecule has 3 aromatic rings. The second-order valence-electron chi connectivity index (χ2n) is 7.42. The zero-order valence-corrected chi connectivity index (χ0v) is 19.5. The number of rotatable bonds is 8. The number of methoxy groups -OCH3 is 2. The first-order valence-electron chi connectivity index (χ1n) is 10.3. The summed E-state index contributed by atoms with van der Waals surface area (Å²) in [5.74, 6) is 0.0951. The molecule has 1 aromatic carbocycles. The molecule has 9 heteroatoms. The Bertz CT molecular complexity index is 1090. The molecule has 1 amide bonds. The summed E-state index contributed by atoms with van der Waals surface area (Å²) in [7, 11) is 3.00. The third-order valence-corrected chi connectivity index (χ3v) is 7.29. The number of ether oxygens (including phenoxy) is 3. The van der Waals surface area contributed by atoms with Crippen molar-refractivity contribution in [1.82, 2.24) is 4.98 Å². The number of thiophene rings is 1. The maximum absolute atomic E-state index is 13.0. The van der Waals surface area contributed by atoms with Crippen LogP contribution in [0.5, 0.6) is 11.5 Å². The van der Waals surface area contributed by atoms with Crippen molar-refractivity contribution < 1.29 is 23.8 Å². The Morgan fingerprint density at radius 1 is 1.12 bits per heavy atom. The monoisotopic (exact) mass is 472 g/mol. The molecule has 0 bridgehead atoms. The highest BCUT2D eigenvalue weighted by Gasteiger charge is 2.26. The summed E-state index contributed by atoms with van der Waals surface area (Å²) >= 11 is 3.12. The minimum Gasteiger partial charge on any atom is -0.493 e. The molecule has 7 nitrogen and oxygen atoms in total. The van der Waals surface area contributed by atoms with Gasteiger partial charge in [0.25, 0.3) is 0 Å². The lowest BCUT2D eigenvalue weighted by Gasteiger charge is -2.16. The zero-order valence-electron chi connectivity index (χ0n) is 17.9. The average Bonchev–Trinajstić information content (AvgIpc) is 3.58. The number of thiazole rings is 1. The number of aromatic nitrogens is 1. The maximum atomic E-state index is 13.0. The van der Waals surface area contributed by atoms with Crippen LogP contribution < -0.4 is 14.8 Å². The normalized spacial score (nSPS) is 13.7. The minimum absolute atomic E-state index is 0.0328. The van der Waals surface area contributed by atoms with E-state index in [0.717, 1.165) is 35.6 Å². The van der Waals surface area contributed by atoms with Crippen LogP contribution in [0.2, 0.25) is 0 Å². The summed E-state index contributed by atoms with van der Waals surface area (Å²) in [6, 6.07) is 7.10. The van der Waals surface area contributed by atoms with Gasteiger partial charge in [0.15, 0.2) is 11.5 Å². The van der Waals surface area contributed by atoms with Crippen LogP contribution in [-0.4, -0.2) is 31.1 Å². The van der Waals surface area contributed by atoms with E-state index in [9.17, 15) is 9.59 Å². The number of hydrogen-bond donors (Lipinski definition) is 1. The molecule has 1 fully saturated rings. The molecule has 1 aliphatic rings. The predicted molar refractivity (Wildman–Crippen MR) is 125 cm³/mol. The molecule has 168 valence electrons. The molecule has 0 aliphatic heterocycles. The van der Waals surface area contributed by atoms with Crippen molar-refractivity contribution in [2.24, 2.45) is 5.92 Å². The predicted octanol–water partition coefficient (Wildman–Crippen LogP) is 5.37. The Kier molecular flexibility index (Phi) is 7.06. The molecule has 0 spiro atoms. The molecule has 32 heavy (non-hydrogen) atoms. The largest absolute Gasteiger partial charge is 0.493 e. The highest BCUT2D eigenvalue weighted by Crippen LogP contribution is 2.35. The van der Waals surface area contributed by atoms with E-state index in [1.54, 1.807) is 17.4 Å². The molecule has 0 saturated heterocycles. The van der Waals surface area contributed by atoms with E-state index in [4.69, 9.17) is 14.2 Å². The summed E-state index contributed by atoms with van der Waals surface area (Å²) < 4.78 is 16.2. The Balaban J connectivity index is 1.52. The molecular weight excluding hydrogens is 448 g/mol. The number of nitrogens with zero attached hydrogens (tertiary/aromatic N) is 1. The van der Waals surface area contributed by atoms with Crippen LogP contribution >= 0.6 is 22.7 Å². The second kappa shape index (κ2) is 10.1. The highest BCUT2D eigenvalue weighted by molar-refractivity contribution is 7.20. The van der Waals surface area contributed by atoms with Crippen LogP contribution in [0.15, 0.2) is 35.0 Å². The van der Waals surface area contributed by atoms with Gasteiger partial charge in [0, 0.05) is 23.4 Å². The zero-order chi connectivity index (χ0) is 22.5. The summed E-state index contributed by atoms with van der Waals surface area (Å²) in [5, 5.41) is 7.65. The van der Waals surface area contributed by atoms with Crippen molar-refractivity contribution in [2.75, 3.05) is 19.5 Å². The maximum Gasteiger partial charge on any atom is 0.340 e. The van der Waals surface area contributed by atoms with Crippen molar-refractivity contribution in [3.05, 3.63) is 46.3 Å². The van der Waals surface area contributed by atoms with Gasteiger partial charge in [0.05, 0.1) is 36.0 Å². The van der Waals surface area contributed by atoms with Gasteiger partial charge in [0.1, 0.15) is 11.6 Å². The van der Waals surface area contributed by atoms with Gasteiger partial charge in [0.2, 0.25) is 5.91 Å². The minimum atomic E-state index is -0.571. The first-order chi connectivity index (χ1) is 15.6. The lowest BCUT2D eigenvalue weighted by molar-refractivity contribution is -0.119. The number of carbonyl (C=O) groups is 2. The van der Waals surface area contributed by atoms with Crippen LogP contribution in [-0.2, 0) is 16.1 Å². The third-order valence-electron chi connectivity index (χ3n) is 5.36. The molecule has 1 saturated carbocycles. The van der Waals surface area contributed by atoms with Crippen LogP contribution in [0, 0.1) is 5.92 Å². The molecular formula is C23H24N2O5S2. The van der Waals surface area contributed by atoms with E-state index in [1.807, 2.05) is 22.9 Å². The van der Waals surface area contributed by atoms with Crippen molar-refractivity contribution in [2.45, 2.75) is 32.3 Å². The van der Waals surface area contributed by atoms with Gasteiger partial charge in [-0.25, -0.2) is 9.78 Å². The van der Waals surface area contributed by atoms with Gasteiger partial charge in [-0.2, -0.15) is 0 Å². The van der Waals surface area contributed by atoms with Crippen molar-refractivity contribution >= 4 is 40.2 Å². The van der Waals surface area contributed by atoms with Crippen LogP contribution in [0.4, 0.5) is 5.69 Å². The number of amides is 1. The topological polar surface area (TPSA) is 86.8 Å². The SMILES string of the molecule is COc1cc(NC(=O)C2CCCC2)c(C(=O)OCc2csc(-c3cccs3)n2)cc1OC. The number of benzene rings is 1. The first kappa shape index (κ1) is 22.3. The highest BCUT2D eigenvalue weighted by atomic mass is 32.1. The molecule has 0 radical (unpaired) electrons. The lowest BCUT2D eigenvalue weighted by Crippen LogP contribution is -2.22. The van der Waals surface area contributed by atoms with Crippen molar-refractivity contribution in [3.8, 4) is 21.4 Å². The number of carbonyl (C=O) groups excluding carboxylic acids is 2. The molecule has 4 rings (SSSR count). The molecule has 0 atom stereocenters. The molecule has 0 unspecified atom stereocenters. The number of hydrogen-bond acceptors (Lipinski definition) is 8. The Morgan fingerprint density at radius 2 is 1.88 bits per heavy atom. The van der Waals surface area contributed by atoms with E-state index in [-0.39, 0.29) is 24.0 Å². The second-order valence-corrected chi connectivity index (χ2v) is 9.23. The standard InChI is InChI=1S/C23H24N2O5S2/c1-28-18-10-16(17(11-19(18)29-2)25-21(26)14-6-3-4-7-14)23(27)30-12-15-13-32-22(24-15)20-8-5-9-31-20/h5,8-11,13-14H,3-4,6-7,12H2,1-2H3,(H,25,26). The number of nitrogens with one attached hydrogen (secondary N) is 1. The first-order valence-corrected chi connectivity index (χ1v) is 12.1. The van der Waals surface area contributed by atoms with E-state index in [0.29, 0.717) is 22.9 Å². The van der Waals surface area contributed by atoms with Gasteiger partial charge < -0.3 is 19.5 Å². The van der Waals surface area contributed by atoms with Gasteiger partial charge in [-0.05, 0) is 24.3 Å². The lowest BCUT2D eigenvalue weighted by atomic mass is 10.1.